The Labute approximate surface area is 120 Å². The number of nitrogens with one attached hydrogen (secondary N) is 1. The highest BCUT2D eigenvalue weighted by atomic mass is 32.1. The second kappa shape index (κ2) is 6.47. The number of carbonyl (C=O) groups excluding carboxylic acids is 2. The van der Waals surface area contributed by atoms with Crippen LogP contribution in [0.2, 0.25) is 0 Å². The zero-order chi connectivity index (χ0) is 15.3. The predicted octanol–water partition coefficient (Wildman–Crippen LogP) is 2.12. The van der Waals surface area contributed by atoms with Gasteiger partial charge in [0.05, 0.1) is 16.9 Å². The maximum absolute atomic E-state index is 12.1. The van der Waals surface area contributed by atoms with E-state index in [1.54, 1.807) is 6.92 Å². The van der Waals surface area contributed by atoms with E-state index in [9.17, 15) is 19.7 Å². The molecule has 0 bridgehead atoms. The van der Waals surface area contributed by atoms with Crippen LogP contribution >= 0.6 is 11.3 Å². The number of hydrogen-bond acceptors (Lipinski definition) is 6. The smallest absolute Gasteiger partial charge is 0.331 e. The fourth-order valence-corrected chi connectivity index (χ4v) is 2.52. The summed E-state index contributed by atoms with van der Waals surface area (Å²) in [5.41, 5.74) is -1.14. The molecule has 110 valence electrons. The second-order valence-electron chi connectivity index (χ2n) is 4.42. The molecular weight excluding hydrogens is 284 g/mol. The molecule has 1 atom stereocenters. The third-order valence-corrected chi connectivity index (χ3v) is 3.81. The highest BCUT2D eigenvalue weighted by Crippen LogP contribution is 2.25. The number of carbonyl (C=O) groups is 2. The summed E-state index contributed by atoms with van der Waals surface area (Å²) >= 11 is 0.764. The Morgan fingerprint density at radius 1 is 1.50 bits per heavy atom. The van der Waals surface area contributed by atoms with Gasteiger partial charge >= 0.3 is 11.0 Å². The Bertz CT molecular complexity index is 528. The number of rotatable bonds is 6. The van der Waals surface area contributed by atoms with Crippen molar-refractivity contribution < 1.29 is 19.2 Å². The Kier molecular flexibility index (Phi) is 5.20. The number of nitrogens with zero attached hydrogens (tertiary/aromatic N) is 1. The molecule has 20 heavy (non-hydrogen) atoms. The van der Waals surface area contributed by atoms with Crippen molar-refractivity contribution in [1.82, 2.24) is 5.32 Å². The van der Waals surface area contributed by atoms with Crippen LogP contribution in [0, 0.1) is 10.1 Å². The average Bonchev–Trinajstić information content (AvgIpc) is 2.87. The molecule has 0 aliphatic rings. The van der Waals surface area contributed by atoms with Gasteiger partial charge in [0.2, 0.25) is 0 Å². The Hall–Kier alpha value is -1.96. The van der Waals surface area contributed by atoms with E-state index in [1.165, 1.54) is 19.2 Å². The summed E-state index contributed by atoms with van der Waals surface area (Å²) < 4.78 is 4.69. The van der Waals surface area contributed by atoms with Crippen molar-refractivity contribution in [3.8, 4) is 0 Å². The number of hydrogen-bond donors (Lipinski definition) is 1. The molecule has 0 radical (unpaired) electrons. The molecule has 0 aromatic carbocycles. The van der Waals surface area contributed by atoms with Crippen molar-refractivity contribution in [3.63, 3.8) is 0 Å². The number of ether oxygens (including phenoxy) is 1. The van der Waals surface area contributed by atoms with Gasteiger partial charge in [0, 0.05) is 6.07 Å². The van der Waals surface area contributed by atoms with E-state index in [2.05, 4.69) is 10.1 Å². The van der Waals surface area contributed by atoms with Crippen LogP contribution in [0.15, 0.2) is 12.1 Å². The fraction of sp³-hybridized carbons (Fsp3) is 0.500. The number of thiophene rings is 1. The molecule has 0 aliphatic heterocycles. The first-order valence-corrected chi connectivity index (χ1v) is 6.81. The van der Waals surface area contributed by atoms with Crippen LogP contribution in [0.4, 0.5) is 5.00 Å². The number of amides is 1. The topological polar surface area (TPSA) is 98.5 Å². The quantitative estimate of drug-likeness (QED) is 0.493. The highest BCUT2D eigenvalue weighted by Gasteiger charge is 2.35. The molecule has 1 N–H and O–H groups in total. The first-order valence-electron chi connectivity index (χ1n) is 5.99. The van der Waals surface area contributed by atoms with E-state index in [-0.39, 0.29) is 9.88 Å². The van der Waals surface area contributed by atoms with Crippen LogP contribution in [0.1, 0.15) is 36.4 Å². The van der Waals surface area contributed by atoms with Crippen molar-refractivity contribution in [1.29, 1.82) is 0 Å². The third kappa shape index (κ3) is 3.53. The Morgan fingerprint density at radius 2 is 2.15 bits per heavy atom. The predicted molar refractivity (Wildman–Crippen MR) is 73.8 cm³/mol. The van der Waals surface area contributed by atoms with Crippen LogP contribution < -0.4 is 5.32 Å². The minimum absolute atomic E-state index is 0.120. The minimum Gasteiger partial charge on any atom is -0.467 e. The van der Waals surface area contributed by atoms with Crippen molar-refractivity contribution in [2.45, 2.75) is 32.2 Å². The Balaban J connectivity index is 2.90. The van der Waals surface area contributed by atoms with E-state index < -0.39 is 22.3 Å². The summed E-state index contributed by atoms with van der Waals surface area (Å²) in [7, 11) is 1.25. The minimum atomic E-state index is -1.14. The summed E-state index contributed by atoms with van der Waals surface area (Å²) in [6, 6.07) is 2.62. The van der Waals surface area contributed by atoms with Gasteiger partial charge in [0.1, 0.15) is 5.54 Å². The first-order chi connectivity index (χ1) is 9.34. The van der Waals surface area contributed by atoms with Gasteiger partial charge in [-0.25, -0.2) is 4.79 Å². The number of esters is 1. The summed E-state index contributed by atoms with van der Waals surface area (Å²) in [5, 5.41) is 13.1. The van der Waals surface area contributed by atoms with Crippen molar-refractivity contribution in [3.05, 3.63) is 27.1 Å². The van der Waals surface area contributed by atoms with Crippen LogP contribution in [0.3, 0.4) is 0 Å². The van der Waals surface area contributed by atoms with Crippen LogP contribution in [0.5, 0.6) is 0 Å². The fourth-order valence-electron chi connectivity index (χ4n) is 1.80. The van der Waals surface area contributed by atoms with Crippen molar-refractivity contribution in [2.75, 3.05) is 7.11 Å². The maximum atomic E-state index is 12.1. The molecule has 0 saturated carbocycles. The van der Waals surface area contributed by atoms with Crippen LogP contribution in [0.25, 0.3) is 0 Å². The molecule has 8 heteroatoms. The van der Waals surface area contributed by atoms with Crippen LogP contribution in [-0.4, -0.2) is 29.4 Å². The lowest BCUT2D eigenvalue weighted by atomic mass is 9.96. The molecule has 1 unspecified atom stereocenters. The summed E-state index contributed by atoms with van der Waals surface area (Å²) in [6.07, 6.45) is 1.09. The van der Waals surface area contributed by atoms with E-state index in [0.29, 0.717) is 12.8 Å². The lowest BCUT2D eigenvalue weighted by Crippen LogP contribution is -2.52. The number of nitro groups is 1. The van der Waals surface area contributed by atoms with Crippen molar-refractivity contribution in [2.24, 2.45) is 0 Å². The molecule has 0 fully saturated rings. The standard InChI is InChI=1S/C12H16N2O5S/c1-4-7-12(2,11(16)19-3)13-10(15)8-5-6-9(20-8)14(17)18/h5-6H,4,7H2,1-3H3,(H,13,15). The Morgan fingerprint density at radius 3 is 2.60 bits per heavy atom. The molecule has 0 spiro atoms. The normalized spacial score (nSPS) is 13.3. The molecule has 1 aromatic heterocycles. The van der Waals surface area contributed by atoms with Gasteiger partial charge in [-0.05, 0) is 19.4 Å². The van der Waals surface area contributed by atoms with Gasteiger partial charge in [0.25, 0.3) is 5.91 Å². The van der Waals surface area contributed by atoms with Crippen molar-refractivity contribution >= 4 is 28.2 Å². The lowest BCUT2D eigenvalue weighted by Gasteiger charge is -2.27. The van der Waals surface area contributed by atoms with E-state index in [4.69, 9.17) is 0 Å². The summed E-state index contributed by atoms with van der Waals surface area (Å²) in [4.78, 5) is 34.0. The maximum Gasteiger partial charge on any atom is 0.331 e. The largest absolute Gasteiger partial charge is 0.467 e. The SMILES string of the molecule is CCCC(C)(NC(=O)c1ccc([N+](=O)[O-])s1)C(=O)OC. The lowest BCUT2D eigenvalue weighted by molar-refractivity contribution is -0.380. The van der Waals surface area contributed by atoms with Gasteiger partial charge in [-0.1, -0.05) is 24.7 Å². The van der Waals surface area contributed by atoms with Gasteiger partial charge in [0.15, 0.2) is 0 Å². The summed E-state index contributed by atoms with van der Waals surface area (Å²) in [5.74, 6) is -1.07. The third-order valence-electron chi connectivity index (χ3n) is 2.77. The van der Waals surface area contributed by atoms with Gasteiger partial charge < -0.3 is 10.1 Å². The average molecular weight is 300 g/mol. The molecule has 1 amide bonds. The second-order valence-corrected chi connectivity index (χ2v) is 5.49. The number of methoxy groups -OCH3 is 1. The molecule has 0 saturated heterocycles. The molecule has 7 nitrogen and oxygen atoms in total. The molecule has 1 aromatic rings. The zero-order valence-corrected chi connectivity index (χ0v) is 12.3. The van der Waals surface area contributed by atoms with E-state index in [0.717, 1.165) is 11.3 Å². The van der Waals surface area contributed by atoms with E-state index in [1.807, 2.05) is 6.92 Å². The van der Waals surface area contributed by atoms with Gasteiger partial charge in [-0.3, -0.25) is 14.9 Å². The molecular formula is C12H16N2O5S. The first kappa shape index (κ1) is 16.1. The molecule has 1 rings (SSSR count). The molecule has 0 aliphatic carbocycles. The summed E-state index contributed by atoms with van der Waals surface area (Å²) in [6.45, 7) is 3.45. The van der Waals surface area contributed by atoms with Gasteiger partial charge in [-0.15, -0.1) is 0 Å². The van der Waals surface area contributed by atoms with Gasteiger partial charge in [-0.2, -0.15) is 0 Å². The molecule has 1 heterocycles. The zero-order valence-electron chi connectivity index (χ0n) is 11.5. The van der Waals surface area contributed by atoms with Crippen LogP contribution in [-0.2, 0) is 9.53 Å². The van der Waals surface area contributed by atoms with E-state index >= 15 is 0 Å². The highest BCUT2D eigenvalue weighted by molar-refractivity contribution is 7.17. The monoisotopic (exact) mass is 300 g/mol.